The van der Waals surface area contributed by atoms with Crippen molar-refractivity contribution in [2.45, 2.75) is 6.92 Å². The molecular weight excluding hydrogens is 204 g/mol. The van der Waals surface area contributed by atoms with Gasteiger partial charge < -0.3 is 5.32 Å². The lowest BCUT2D eigenvalue weighted by Crippen LogP contribution is -2.13. The molecule has 16 heavy (non-hydrogen) atoms. The maximum Gasteiger partial charge on any atom is 0.258 e. The van der Waals surface area contributed by atoms with E-state index in [0.717, 1.165) is 5.69 Å². The summed E-state index contributed by atoms with van der Waals surface area (Å²) in [6.45, 7) is 1.81. The van der Waals surface area contributed by atoms with Crippen LogP contribution >= 0.6 is 0 Å². The summed E-state index contributed by atoms with van der Waals surface area (Å²) >= 11 is 0. The van der Waals surface area contributed by atoms with Crippen LogP contribution < -0.4 is 5.32 Å². The predicted molar refractivity (Wildman–Crippen MR) is 59.0 cm³/mol. The monoisotopic (exact) mass is 214 g/mol. The molecule has 2 rings (SSSR count). The van der Waals surface area contributed by atoms with Crippen LogP contribution in [0.1, 0.15) is 16.1 Å². The molecule has 1 N–H and O–H groups in total. The fourth-order valence-electron chi connectivity index (χ4n) is 1.21. The van der Waals surface area contributed by atoms with Crippen molar-refractivity contribution in [3.8, 4) is 0 Å². The second kappa shape index (κ2) is 4.48. The molecule has 2 aromatic rings. The summed E-state index contributed by atoms with van der Waals surface area (Å²) in [5.41, 5.74) is 1.25. The number of hydrogen-bond acceptors (Lipinski definition) is 4. The lowest BCUT2D eigenvalue weighted by Gasteiger charge is -2.03. The maximum absolute atomic E-state index is 11.7. The standard InChI is InChI=1S/C11H10N4O/c1-8-5-13-7-10(14-8)15-11(16)9-3-2-4-12-6-9/h2-7H,1H3,(H,14,15,16). The number of nitrogens with zero attached hydrogens (tertiary/aromatic N) is 3. The van der Waals surface area contributed by atoms with Gasteiger partial charge in [-0.15, -0.1) is 0 Å². The number of nitrogens with one attached hydrogen (secondary N) is 1. The Bertz CT molecular complexity index is 498. The topological polar surface area (TPSA) is 67.8 Å². The van der Waals surface area contributed by atoms with Gasteiger partial charge in [-0.2, -0.15) is 0 Å². The quantitative estimate of drug-likeness (QED) is 0.821. The lowest BCUT2D eigenvalue weighted by atomic mass is 10.3. The fraction of sp³-hybridized carbons (Fsp3) is 0.0909. The van der Waals surface area contributed by atoms with Crippen LogP contribution in [0.15, 0.2) is 36.9 Å². The molecule has 2 aromatic heterocycles. The Morgan fingerprint density at radius 3 is 2.81 bits per heavy atom. The molecule has 0 unspecified atom stereocenters. The van der Waals surface area contributed by atoms with E-state index in [1.54, 1.807) is 24.5 Å². The summed E-state index contributed by atoms with van der Waals surface area (Å²) in [6, 6.07) is 3.39. The van der Waals surface area contributed by atoms with E-state index in [0.29, 0.717) is 11.4 Å². The zero-order valence-electron chi connectivity index (χ0n) is 8.71. The van der Waals surface area contributed by atoms with Gasteiger partial charge in [0, 0.05) is 18.6 Å². The zero-order valence-corrected chi connectivity index (χ0v) is 8.71. The Labute approximate surface area is 92.6 Å². The van der Waals surface area contributed by atoms with Crippen LogP contribution in [0, 0.1) is 6.92 Å². The molecule has 0 atom stereocenters. The smallest absolute Gasteiger partial charge is 0.258 e. The molecule has 0 aliphatic heterocycles. The second-order valence-electron chi connectivity index (χ2n) is 3.24. The summed E-state index contributed by atoms with van der Waals surface area (Å²) < 4.78 is 0. The van der Waals surface area contributed by atoms with Crippen molar-refractivity contribution in [2.75, 3.05) is 5.32 Å². The first-order valence-corrected chi connectivity index (χ1v) is 4.76. The summed E-state index contributed by atoms with van der Waals surface area (Å²) in [5.74, 6) is 0.196. The Morgan fingerprint density at radius 1 is 1.25 bits per heavy atom. The molecule has 0 radical (unpaired) electrons. The summed E-state index contributed by atoms with van der Waals surface area (Å²) in [6.07, 6.45) is 6.24. The molecule has 80 valence electrons. The van der Waals surface area contributed by atoms with E-state index in [-0.39, 0.29) is 5.91 Å². The summed E-state index contributed by atoms with van der Waals surface area (Å²) in [7, 11) is 0. The molecule has 5 nitrogen and oxygen atoms in total. The van der Waals surface area contributed by atoms with Crippen molar-refractivity contribution < 1.29 is 4.79 Å². The molecular formula is C11H10N4O. The van der Waals surface area contributed by atoms with Gasteiger partial charge in [0.1, 0.15) is 0 Å². The van der Waals surface area contributed by atoms with Gasteiger partial charge in [-0.25, -0.2) is 4.98 Å². The fourth-order valence-corrected chi connectivity index (χ4v) is 1.21. The van der Waals surface area contributed by atoms with Gasteiger partial charge in [-0.05, 0) is 19.1 Å². The lowest BCUT2D eigenvalue weighted by molar-refractivity contribution is 0.102. The van der Waals surface area contributed by atoms with E-state index in [1.165, 1.54) is 12.4 Å². The number of aromatic nitrogens is 3. The van der Waals surface area contributed by atoms with E-state index < -0.39 is 0 Å². The highest BCUT2D eigenvalue weighted by atomic mass is 16.1. The highest BCUT2D eigenvalue weighted by Crippen LogP contribution is 2.04. The zero-order chi connectivity index (χ0) is 11.4. The molecule has 1 amide bonds. The van der Waals surface area contributed by atoms with Crippen LogP contribution in [-0.4, -0.2) is 20.9 Å². The highest BCUT2D eigenvalue weighted by molar-refractivity contribution is 6.03. The molecule has 0 aliphatic rings. The molecule has 0 saturated carbocycles. The minimum absolute atomic E-state index is 0.243. The van der Waals surface area contributed by atoms with Crippen LogP contribution in [-0.2, 0) is 0 Å². The first kappa shape index (κ1) is 10.2. The van der Waals surface area contributed by atoms with E-state index in [2.05, 4.69) is 20.3 Å². The number of carbonyl (C=O) groups is 1. The molecule has 5 heteroatoms. The van der Waals surface area contributed by atoms with E-state index >= 15 is 0 Å². The molecule has 2 heterocycles. The third-order valence-electron chi connectivity index (χ3n) is 1.92. The molecule has 0 bridgehead atoms. The Balaban J connectivity index is 2.14. The number of pyridine rings is 1. The van der Waals surface area contributed by atoms with E-state index in [4.69, 9.17) is 0 Å². The average Bonchev–Trinajstić information content (AvgIpc) is 2.30. The first-order chi connectivity index (χ1) is 7.75. The SMILES string of the molecule is Cc1cncc(NC(=O)c2cccnc2)n1. The number of anilines is 1. The van der Waals surface area contributed by atoms with Crippen molar-refractivity contribution in [3.05, 3.63) is 48.2 Å². The van der Waals surface area contributed by atoms with Crippen LogP contribution in [0.4, 0.5) is 5.82 Å². The second-order valence-corrected chi connectivity index (χ2v) is 3.24. The van der Waals surface area contributed by atoms with Crippen LogP contribution in [0.5, 0.6) is 0 Å². The average molecular weight is 214 g/mol. The number of carbonyl (C=O) groups excluding carboxylic acids is 1. The normalized spacial score (nSPS) is 9.81. The maximum atomic E-state index is 11.7. The van der Waals surface area contributed by atoms with Crippen molar-refractivity contribution in [3.63, 3.8) is 0 Å². The molecule has 0 aromatic carbocycles. The van der Waals surface area contributed by atoms with Gasteiger partial charge >= 0.3 is 0 Å². The van der Waals surface area contributed by atoms with Gasteiger partial charge in [0.25, 0.3) is 5.91 Å². The first-order valence-electron chi connectivity index (χ1n) is 4.76. The van der Waals surface area contributed by atoms with Gasteiger partial charge in [-0.3, -0.25) is 14.8 Å². The van der Waals surface area contributed by atoms with Crippen molar-refractivity contribution in [2.24, 2.45) is 0 Å². The minimum atomic E-state index is -0.243. The largest absolute Gasteiger partial charge is 0.305 e. The van der Waals surface area contributed by atoms with Gasteiger partial charge in [0.05, 0.1) is 17.5 Å². The number of hydrogen-bond donors (Lipinski definition) is 1. The number of rotatable bonds is 2. The molecule has 0 spiro atoms. The summed E-state index contributed by atoms with van der Waals surface area (Å²) in [4.78, 5) is 23.6. The van der Waals surface area contributed by atoms with Crippen molar-refractivity contribution in [1.29, 1.82) is 0 Å². The predicted octanol–water partition coefficient (Wildman–Crippen LogP) is 1.43. The van der Waals surface area contributed by atoms with Crippen LogP contribution in [0.2, 0.25) is 0 Å². The van der Waals surface area contributed by atoms with Crippen LogP contribution in [0.25, 0.3) is 0 Å². The highest BCUT2D eigenvalue weighted by Gasteiger charge is 2.06. The van der Waals surface area contributed by atoms with Gasteiger partial charge in [0.15, 0.2) is 5.82 Å². The van der Waals surface area contributed by atoms with E-state index in [1.807, 2.05) is 6.92 Å². The van der Waals surface area contributed by atoms with Crippen molar-refractivity contribution in [1.82, 2.24) is 15.0 Å². The van der Waals surface area contributed by atoms with Crippen molar-refractivity contribution >= 4 is 11.7 Å². The Morgan fingerprint density at radius 2 is 2.12 bits per heavy atom. The number of amides is 1. The van der Waals surface area contributed by atoms with Gasteiger partial charge in [0.2, 0.25) is 0 Å². The van der Waals surface area contributed by atoms with E-state index in [9.17, 15) is 4.79 Å². The molecule has 0 aliphatic carbocycles. The van der Waals surface area contributed by atoms with Crippen LogP contribution in [0.3, 0.4) is 0 Å². The molecule has 0 fully saturated rings. The Kier molecular flexibility index (Phi) is 2.86. The van der Waals surface area contributed by atoms with Gasteiger partial charge in [-0.1, -0.05) is 0 Å². The third-order valence-corrected chi connectivity index (χ3v) is 1.92. The molecule has 0 saturated heterocycles. The Hall–Kier alpha value is -2.30. The summed E-state index contributed by atoms with van der Waals surface area (Å²) in [5, 5.41) is 2.65. The number of aryl methyl sites for hydroxylation is 1. The minimum Gasteiger partial charge on any atom is -0.305 e. The third kappa shape index (κ3) is 2.38.